The van der Waals surface area contributed by atoms with E-state index < -0.39 is 6.43 Å². The maximum absolute atomic E-state index is 12.3. The van der Waals surface area contributed by atoms with Crippen LogP contribution in [0.15, 0.2) is 78.9 Å². The number of rotatable bonds is 7. The molecule has 6 heteroatoms. The van der Waals surface area contributed by atoms with Crippen LogP contribution in [-0.2, 0) is 11.2 Å². The molecule has 4 nitrogen and oxygen atoms in total. The molecule has 1 unspecified atom stereocenters. The van der Waals surface area contributed by atoms with Crippen molar-refractivity contribution in [2.75, 3.05) is 5.32 Å². The number of carbonyl (C=O) groups excluding carboxylic acids is 2. The van der Waals surface area contributed by atoms with Gasteiger partial charge in [0.15, 0.2) is 0 Å². The molecule has 1 atom stereocenters. The number of halogens is 2. The number of hydrogen-bond acceptors (Lipinski definition) is 2. The van der Waals surface area contributed by atoms with Gasteiger partial charge >= 0.3 is 0 Å². The van der Waals surface area contributed by atoms with Gasteiger partial charge < -0.3 is 10.6 Å². The summed E-state index contributed by atoms with van der Waals surface area (Å²) >= 11 is 0. The van der Waals surface area contributed by atoms with E-state index in [9.17, 15) is 18.4 Å². The van der Waals surface area contributed by atoms with Gasteiger partial charge in [-0.3, -0.25) is 9.59 Å². The molecule has 0 aliphatic carbocycles. The van der Waals surface area contributed by atoms with Crippen LogP contribution >= 0.6 is 0 Å². The summed E-state index contributed by atoms with van der Waals surface area (Å²) < 4.78 is 24.7. The van der Waals surface area contributed by atoms with E-state index in [1.165, 1.54) is 17.7 Å². The summed E-state index contributed by atoms with van der Waals surface area (Å²) in [5, 5.41) is 5.36. The summed E-state index contributed by atoms with van der Waals surface area (Å²) in [5.74, 6) is -0.0148. The molecule has 162 valence electrons. The molecule has 31 heavy (non-hydrogen) atoms. The van der Waals surface area contributed by atoms with Crippen LogP contribution in [0.1, 0.15) is 40.4 Å². The Kier molecular flexibility index (Phi) is 9.36. The smallest absolute Gasteiger partial charge is 0.264 e. The van der Waals surface area contributed by atoms with Gasteiger partial charge in [0.05, 0.1) is 0 Å². The number of benzene rings is 3. The third kappa shape index (κ3) is 7.66. The van der Waals surface area contributed by atoms with Crippen LogP contribution in [0.3, 0.4) is 0 Å². The zero-order chi connectivity index (χ0) is 22.6. The summed E-state index contributed by atoms with van der Waals surface area (Å²) in [6.07, 6.45) is -1.19. The van der Waals surface area contributed by atoms with Gasteiger partial charge in [-0.05, 0) is 49.6 Å². The highest BCUT2D eigenvalue weighted by atomic mass is 19.3. The zero-order valence-corrected chi connectivity index (χ0v) is 17.5. The fourth-order valence-electron chi connectivity index (χ4n) is 3.03. The molecule has 2 amide bonds. The molecule has 0 fully saturated rings. The number of alkyl halides is 2. The van der Waals surface area contributed by atoms with Crippen molar-refractivity contribution in [3.63, 3.8) is 0 Å². The molecule has 3 aromatic rings. The second kappa shape index (κ2) is 12.2. The predicted octanol–water partition coefficient (Wildman–Crippen LogP) is 5.55. The zero-order valence-electron chi connectivity index (χ0n) is 17.5. The Hall–Kier alpha value is -3.54. The quantitative estimate of drug-likeness (QED) is 0.489. The molecule has 0 spiro atoms. The van der Waals surface area contributed by atoms with E-state index in [4.69, 9.17) is 0 Å². The van der Waals surface area contributed by atoms with E-state index in [1.54, 1.807) is 13.0 Å². The molecule has 3 rings (SSSR count). The number of amides is 2. The lowest BCUT2D eigenvalue weighted by Crippen LogP contribution is -2.34. The molecule has 0 saturated heterocycles. The highest BCUT2D eigenvalue weighted by Crippen LogP contribution is 2.26. The van der Waals surface area contributed by atoms with Crippen LogP contribution in [0.4, 0.5) is 14.5 Å². The second-order valence-corrected chi connectivity index (χ2v) is 7.01. The molecule has 0 aliphatic rings. The number of carbonyl (C=O) groups is 2. The van der Waals surface area contributed by atoms with Crippen molar-refractivity contribution in [1.82, 2.24) is 5.32 Å². The van der Waals surface area contributed by atoms with E-state index >= 15 is 0 Å². The molecule has 0 aliphatic heterocycles. The topological polar surface area (TPSA) is 58.2 Å². The van der Waals surface area contributed by atoms with E-state index in [0.29, 0.717) is 23.2 Å². The number of hydrogen-bond donors (Lipinski definition) is 2. The Labute approximate surface area is 181 Å². The van der Waals surface area contributed by atoms with Gasteiger partial charge in [0.1, 0.15) is 0 Å². The van der Waals surface area contributed by atoms with Crippen molar-refractivity contribution in [2.45, 2.75) is 32.7 Å². The van der Waals surface area contributed by atoms with Crippen LogP contribution in [-0.4, -0.2) is 18.4 Å². The fourth-order valence-corrected chi connectivity index (χ4v) is 3.03. The van der Waals surface area contributed by atoms with E-state index in [1.807, 2.05) is 55.5 Å². The average molecular weight is 424 g/mol. The molecular formula is C25H26F2N2O2. The summed E-state index contributed by atoms with van der Waals surface area (Å²) in [4.78, 5) is 22.0. The van der Waals surface area contributed by atoms with E-state index in [0.717, 1.165) is 6.42 Å². The summed E-state index contributed by atoms with van der Waals surface area (Å²) in [6.45, 7) is 3.57. The van der Waals surface area contributed by atoms with Gasteiger partial charge in [0.2, 0.25) is 6.41 Å². The Morgan fingerprint density at radius 3 is 2.13 bits per heavy atom. The first kappa shape index (κ1) is 23.7. The van der Waals surface area contributed by atoms with Crippen molar-refractivity contribution < 1.29 is 18.4 Å². The first-order chi connectivity index (χ1) is 14.9. The lowest BCUT2D eigenvalue weighted by molar-refractivity contribution is -0.105. The molecule has 0 bridgehead atoms. The van der Waals surface area contributed by atoms with Crippen LogP contribution in [0.25, 0.3) is 0 Å². The van der Waals surface area contributed by atoms with Gasteiger partial charge in [-0.1, -0.05) is 60.7 Å². The maximum Gasteiger partial charge on any atom is 0.264 e. The van der Waals surface area contributed by atoms with Crippen molar-refractivity contribution in [1.29, 1.82) is 0 Å². The Morgan fingerprint density at radius 2 is 1.55 bits per heavy atom. The molecule has 0 aromatic heterocycles. The fraction of sp³-hybridized carbons (Fsp3) is 0.200. The summed E-state index contributed by atoms with van der Waals surface area (Å²) in [5.41, 5.74) is 2.72. The minimum absolute atomic E-state index is 0.0148. The van der Waals surface area contributed by atoms with Gasteiger partial charge in [-0.2, -0.15) is 0 Å². The normalized spacial score (nSPS) is 11.1. The van der Waals surface area contributed by atoms with Crippen molar-refractivity contribution in [2.24, 2.45) is 0 Å². The third-order valence-electron chi connectivity index (χ3n) is 4.62. The van der Waals surface area contributed by atoms with Gasteiger partial charge in [-0.15, -0.1) is 0 Å². The van der Waals surface area contributed by atoms with E-state index in [-0.39, 0.29) is 17.5 Å². The third-order valence-corrected chi connectivity index (χ3v) is 4.62. The monoisotopic (exact) mass is 424 g/mol. The molecule has 0 radical (unpaired) electrons. The highest BCUT2D eigenvalue weighted by molar-refractivity contribution is 5.94. The highest BCUT2D eigenvalue weighted by Gasteiger charge is 2.12. The first-order valence-electron chi connectivity index (χ1n) is 9.90. The SMILES string of the molecule is CC(Cc1ccccc1)NC(=O)c1ccccc1.Cc1c(NC=O)cccc1C(F)F. The van der Waals surface area contributed by atoms with Crippen LogP contribution in [0, 0.1) is 6.92 Å². The van der Waals surface area contributed by atoms with Crippen molar-refractivity contribution in [3.8, 4) is 0 Å². The largest absolute Gasteiger partial charge is 0.349 e. The molecule has 0 heterocycles. The molecule has 0 saturated carbocycles. The van der Waals surface area contributed by atoms with Gasteiger partial charge in [0, 0.05) is 22.9 Å². The number of anilines is 1. The lowest BCUT2D eigenvalue weighted by Gasteiger charge is -2.14. The average Bonchev–Trinajstić information content (AvgIpc) is 2.77. The van der Waals surface area contributed by atoms with Gasteiger partial charge in [0.25, 0.3) is 12.3 Å². The molecular weight excluding hydrogens is 398 g/mol. The maximum atomic E-state index is 12.3. The molecule has 2 N–H and O–H groups in total. The Balaban J connectivity index is 0.000000233. The van der Waals surface area contributed by atoms with Crippen LogP contribution in [0.2, 0.25) is 0 Å². The summed E-state index contributed by atoms with van der Waals surface area (Å²) in [6, 6.07) is 24.0. The first-order valence-corrected chi connectivity index (χ1v) is 9.90. The lowest BCUT2D eigenvalue weighted by atomic mass is 10.1. The Bertz CT molecular complexity index is 964. The van der Waals surface area contributed by atoms with Crippen molar-refractivity contribution in [3.05, 3.63) is 101 Å². The summed E-state index contributed by atoms with van der Waals surface area (Å²) in [7, 11) is 0. The standard InChI is InChI=1S/C16H17NO.C9H9F2NO/c1-13(12-14-8-4-2-5-9-14)17-16(18)15-10-6-3-7-11-15;1-6-7(9(10)11)3-2-4-8(6)12-5-13/h2-11,13H,12H2,1H3,(H,17,18);2-5,9H,1H3,(H,12,13). The second-order valence-electron chi connectivity index (χ2n) is 7.01. The minimum Gasteiger partial charge on any atom is -0.349 e. The van der Waals surface area contributed by atoms with E-state index in [2.05, 4.69) is 22.8 Å². The van der Waals surface area contributed by atoms with Crippen LogP contribution < -0.4 is 10.6 Å². The van der Waals surface area contributed by atoms with Crippen LogP contribution in [0.5, 0.6) is 0 Å². The molecule has 3 aromatic carbocycles. The Morgan fingerprint density at radius 1 is 0.935 bits per heavy atom. The van der Waals surface area contributed by atoms with Crippen molar-refractivity contribution >= 4 is 18.0 Å². The predicted molar refractivity (Wildman–Crippen MR) is 119 cm³/mol. The van der Waals surface area contributed by atoms with Gasteiger partial charge in [-0.25, -0.2) is 8.78 Å². The minimum atomic E-state index is -2.51. The number of nitrogens with one attached hydrogen (secondary N) is 2.